The van der Waals surface area contributed by atoms with E-state index in [9.17, 15) is 4.79 Å². The molecule has 1 aromatic carbocycles. The van der Waals surface area contributed by atoms with Crippen molar-refractivity contribution in [3.05, 3.63) is 52.8 Å². The van der Waals surface area contributed by atoms with Gasteiger partial charge in [0.25, 0.3) is 5.91 Å². The second-order valence-corrected chi connectivity index (χ2v) is 8.37. The summed E-state index contributed by atoms with van der Waals surface area (Å²) in [5, 5.41) is 12.3. The van der Waals surface area contributed by atoms with E-state index < -0.39 is 0 Å². The fourth-order valence-corrected chi connectivity index (χ4v) is 4.98. The van der Waals surface area contributed by atoms with Crippen LogP contribution >= 0.6 is 0 Å². The number of hydrogen-bond acceptors (Lipinski definition) is 4. The minimum atomic E-state index is -0.0134. The molecule has 2 aliphatic rings. The molecule has 2 aliphatic heterocycles. The van der Waals surface area contributed by atoms with E-state index >= 15 is 0 Å². The van der Waals surface area contributed by atoms with Gasteiger partial charge in [0.05, 0.1) is 17.2 Å². The summed E-state index contributed by atoms with van der Waals surface area (Å²) in [7, 11) is 2.16. The predicted octanol–water partition coefficient (Wildman–Crippen LogP) is 2.95. The molecule has 1 aromatic heterocycles. The number of hydrogen-bond donors (Lipinski definition) is 1. The Hall–Kier alpha value is -2.62. The molecule has 6 heteroatoms. The molecule has 3 heterocycles. The smallest absolute Gasteiger partial charge is 0.253 e. The third kappa shape index (κ3) is 3.57. The second kappa shape index (κ2) is 7.66. The van der Waals surface area contributed by atoms with Crippen LogP contribution in [-0.2, 0) is 4.74 Å². The van der Waals surface area contributed by atoms with Gasteiger partial charge in [-0.05, 0) is 70.5 Å². The molecule has 1 atom stereocenters. The van der Waals surface area contributed by atoms with E-state index in [4.69, 9.17) is 10.00 Å². The number of likely N-dealkylation sites (tertiary alicyclic amines) is 1. The molecule has 2 aromatic rings. The first-order chi connectivity index (χ1) is 13.9. The SMILES string of the molecule is Cc1cc(C(=O)NC2CN(C)C3(CCOCC3)C2)c(C)n1-c1ccc(C#N)cc1. The van der Waals surface area contributed by atoms with Crippen LogP contribution in [0.25, 0.3) is 5.69 Å². The van der Waals surface area contributed by atoms with Crippen LogP contribution in [0.15, 0.2) is 30.3 Å². The first kappa shape index (κ1) is 19.7. The highest BCUT2D eigenvalue weighted by atomic mass is 16.5. The van der Waals surface area contributed by atoms with E-state index in [-0.39, 0.29) is 17.5 Å². The van der Waals surface area contributed by atoms with Crippen molar-refractivity contribution in [2.24, 2.45) is 0 Å². The van der Waals surface area contributed by atoms with Crippen LogP contribution in [0, 0.1) is 25.2 Å². The van der Waals surface area contributed by atoms with Crippen LogP contribution < -0.4 is 5.32 Å². The van der Waals surface area contributed by atoms with Crippen molar-refractivity contribution in [2.75, 3.05) is 26.8 Å². The van der Waals surface area contributed by atoms with Crippen LogP contribution in [0.4, 0.5) is 0 Å². The Morgan fingerprint density at radius 3 is 2.59 bits per heavy atom. The molecule has 1 spiro atoms. The number of aryl methyl sites for hydroxylation is 1. The Labute approximate surface area is 172 Å². The Morgan fingerprint density at radius 2 is 1.93 bits per heavy atom. The van der Waals surface area contributed by atoms with Gasteiger partial charge >= 0.3 is 0 Å². The first-order valence-electron chi connectivity index (χ1n) is 10.2. The van der Waals surface area contributed by atoms with Crippen molar-refractivity contribution < 1.29 is 9.53 Å². The highest BCUT2D eigenvalue weighted by Gasteiger charge is 2.44. The number of amides is 1. The topological polar surface area (TPSA) is 70.3 Å². The third-order valence-corrected chi connectivity index (χ3v) is 6.62. The molecule has 0 aliphatic carbocycles. The number of nitrogens with one attached hydrogen (secondary N) is 1. The molecule has 0 saturated carbocycles. The molecule has 1 N–H and O–H groups in total. The molecule has 152 valence electrons. The van der Waals surface area contributed by atoms with Gasteiger partial charge < -0.3 is 14.6 Å². The summed E-state index contributed by atoms with van der Waals surface area (Å²) < 4.78 is 7.61. The maximum absolute atomic E-state index is 13.1. The summed E-state index contributed by atoms with van der Waals surface area (Å²) in [6.45, 7) is 6.46. The van der Waals surface area contributed by atoms with Gasteiger partial charge in [-0.1, -0.05) is 0 Å². The van der Waals surface area contributed by atoms with Crippen LogP contribution in [0.2, 0.25) is 0 Å². The van der Waals surface area contributed by atoms with Crippen LogP contribution in [-0.4, -0.2) is 53.8 Å². The average Bonchev–Trinajstić information content (AvgIpc) is 3.18. The molecule has 0 bridgehead atoms. The van der Waals surface area contributed by atoms with Crippen molar-refractivity contribution in [2.45, 2.75) is 44.7 Å². The molecular formula is C23H28N4O2. The van der Waals surface area contributed by atoms with Gasteiger partial charge in [0.1, 0.15) is 0 Å². The minimum Gasteiger partial charge on any atom is -0.381 e. The number of nitriles is 1. The molecular weight excluding hydrogens is 364 g/mol. The van der Waals surface area contributed by atoms with E-state index in [0.29, 0.717) is 11.1 Å². The lowest BCUT2D eigenvalue weighted by Crippen LogP contribution is -2.45. The lowest BCUT2D eigenvalue weighted by atomic mass is 9.86. The Kier molecular flexibility index (Phi) is 5.20. The number of ether oxygens (including phenoxy) is 1. The molecule has 0 radical (unpaired) electrons. The first-order valence-corrected chi connectivity index (χ1v) is 10.2. The van der Waals surface area contributed by atoms with E-state index in [2.05, 4.69) is 27.9 Å². The summed E-state index contributed by atoms with van der Waals surface area (Å²) in [5.41, 5.74) is 4.37. The van der Waals surface area contributed by atoms with Gasteiger partial charge in [0.15, 0.2) is 0 Å². The number of aromatic nitrogens is 1. The number of rotatable bonds is 3. The third-order valence-electron chi connectivity index (χ3n) is 6.62. The Bertz CT molecular complexity index is 948. The number of carbonyl (C=O) groups excluding carboxylic acids is 1. The quantitative estimate of drug-likeness (QED) is 0.872. The zero-order chi connectivity index (χ0) is 20.6. The normalized spacial score (nSPS) is 21.2. The van der Waals surface area contributed by atoms with Crippen molar-refractivity contribution in [1.29, 1.82) is 5.26 Å². The van der Waals surface area contributed by atoms with E-state index in [1.165, 1.54) is 0 Å². The lowest BCUT2D eigenvalue weighted by Gasteiger charge is -2.39. The molecule has 6 nitrogen and oxygen atoms in total. The largest absolute Gasteiger partial charge is 0.381 e. The van der Waals surface area contributed by atoms with Gasteiger partial charge in [-0.2, -0.15) is 5.26 Å². The molecule has 1 amide bonds. The number of nitrogens with zero attached hydrogens (tertiary/aromatic N) is 3. The zero-order valence-corrected chi connectivity index (χ0v) is 17.4. The summed E-state index contributed by atoms with van der Waals surface area (Å²) in [5.74, 6) is -0.0134. The molecule has 2 fully saturated rings. The number of likely N-dealkylation sites (N-methyl/N-ethyl adjacent to an activating group) is 1. The van der Waals surface area contributed by atoms with E-state index in [0.717, 1.165) is 56.1 Å². The summed E-state index contributed by atoms with van der Waals surface area (Å²) in [6, 6.07) is 11.7. The van der Waals surface area contributed by atoms with Crippen molar-refractivity contribution in [3.63, 3.8) is 0 Å². The highest BCUT2D eigenvalue weighted by molar-refractivity contribution is 5.96. The van der Waals surface area contributed by atoms with Crippen LogP contribution in [0.1, 0.15) is 46.6 Å². The number of benzene rings is 1. The van der Waals surface area contributed by atoms with Crippen molar-refractivity contribution >= 4 is 5.91 Å². The number of carbonyl (C=O) groups is 1. The fourth-order valence-electron chi connectivity index (χ4n) is 4.98. The maximum Gasteiger partial charge on any atom is 0.253 e. The molecule has 4 rings (SSSR count). The fraction of sp³-hybridized carbons (Fsp3) is 0.478. The van der Waals surface area contributed by atoms with Crippen molar-refractivity contribution in [1.82, 2.24) is 14.8 Å². The lowest BCUT2D eigenvalue weighted by molar-refractivity contribution is 0.00177. The van der Waals surface area contributed by atoms with E-state index in [1.807, 2.05) is 32.0 Å². The van der Waals surface area contributed by atoms with Crippen molar-refractivity contribution in [3.8, 4) is 11.8 Å². The van der Waals surface area contributed by atoms with Crippen LogP contribution in [0.5, 0.6) is 0 Å². The monoisotopic (exact) mass is 392 g/mol. The maximum atomic E-state index is 13.1. The minimum absolute atomic E-state index is 0.0134. The molecule has 1 unspecified atom stereocenters. The van der Waals surface area contributed by atoms with Gasteiger partial charge in [0.2, 0.25) is 0 Å². The van der Waals surface area contributed by atoms with Gasteiger partial charge in [-0.15, -0.1) is 0 Å². The molecule has 29 heavy (non-hydrogen) atoms. The molecule has 2 saturated heterocycles. The van der Waals surface area contributed by atoms with E-state index in [1.54, 1.807) is 12.1 Å². The summed E-state index contributed by atoms with van der Waals surface area (Å²) in [6.07, 6.45) is 3.04. The highest BCUT2D eigenvalue weighted by Crippen LogP contribution is 2.36. The van der Waals surface area contributed by atoms with Gasteiger partial charge in [0, 0.05) is 48.4 Å². The predicted molar refractivity (Wildman–Crippen MR) is 111 cm³/mol. The second-order valence-electron chi connectivity index (χ2n) is 8.37. The van der Waals surface area contributed by atoms with Gasteiger partial charge in [-0.25, -0.2) is 0 Å². The Balaban J connectivity index is 1.52. The standard InChI is InChI=1S/C23H28N4O2/c1-16-12-21(17(2)27(16)20-6-4-18(14-24)5-7-20)22(28)25-19-13-23(26(3)15-19)8-10-29-11-9-23/h4-7,12,19H,8-11,13,15H2,1-3H3,(H,25,28). The van der Waals surface area contributed by atoms with Crippen LogP contribution in [0.3, 0.4) is 0 Å². The summed E-state index contributed by atoms with van der Waals surface area (Å²) >= 11 is 0. The Morgan fingerprint density at radius 1 is 1.24 bits per heavy atom. The zero-order valence-electron chi connectivity index (χ0n) is 17.4. The summed E-state index contributed by atoms with van der Waals surface area (Å²) in [4.78, 5) is 15.5. The average molecular weight is 393 g/mol. The van der Waals surface area contributed by atoms with Gasteiger partial charge in [-0.3, -0.25) is 9.69 Å².